The van der Waals surface area contributed by atoms with E-state index in [9.17, 15) is 0 Å². The molecular formula is C19H15NO2S. The van der Waals surface area contributed by atoms with Crippen molar-refractivity contribution in [3.63, 3.8) is 0 Å². The number of aryl methyl sites for hydroxylation is 1. The number of hydrogen-bond donors (Lipinski definition) is 0. The van der Waals surface area contributed by atoms with Crippen molar-refractivity contribution in [2.24, 2.45) is 7.05 Å². The summed E-state index contributed by atoms with van der Waals surface area (Å²) in [5.41, 5.74) is 4.81. The van der Waals surface area contributed by atoms with Gasteiger partial charge in [0.15, 0.2) is 5.75 Å². The lowest BCUT2D eigenvalue weighted by molar-refractivity contribution is 0.179. The zero-order valence-electron chi connectivity index (χ0n) is 12.7. The number of benzene rings is 2. The highest BCUT2D eigenvalue weighted by Gasteiger charge is 2.22. The highest BCUT2D eigenvalue weighted by Crippen LogP contribution is 2.47. The molecule has 0 bridgehead atoms. The second kappa shape index (κ2) is 4.77. The molecule has 0 atom stereocenters. The van der Waals surface area contributed by atoms with Crippen molar-refractivity contribution >= 4 is 33.1 Å². The predicted octanol–water partition coefficient (Wildman–Crippen LogP) is 4.83. The van der Waals surface area contributed by atoms with Crippen LogP contribution in [-0.4, -0.2) is 17.8 Å². The predicted molar refractivity (Wildman–Crippen MR) is 94.7 cm³/mol. The molecule has 5 rings (SSSR count). The van der Waals surface area contributed by atoms with Crippen molar-refractivity contribution in [3.05, 3.63) is 47.8 Å². The van der Waals surface area contributed by atoms with Crippen LogP contribution in [0, 0.1) is 0 Å². The molecule has 4 heteroatoms. The van der Waals surface area contributed by atoms with E-state index in [1.54, 1.807) is 11.3 Å². The van der Waals surface area contributed by atoms with Gasteiger partial charge < -0.3 is 14.0 Å². The maximum atomic E-state index is 5.89. The smallest absolute Gasteiger partial charge is 0.217 e. The van der Waals surface area contributed by atoms with Crippen LogP contribution in [0.2, 0.25) is 0 Å². The zero-order valence-corrected chi connectivity index (χ0v) is 13.5. The van der Waals surface area contributed by atoms with Crippen LogP contribution in [0.4, 0.5) is 0 Å². The van der Waals surface area contributed by atoms with Crippen LogP contribution >= 0.6 is 11.3 Å². The van der Waals surface area contributed by atoms with E-state index < -0.39 is 0 Å². The SMILES string of the molecule is Cn1c2ccccc2c2cccc(-c3csc4c3OCCO4)c21. The Morgan fingerprint density at radius 3 is 2.70 bits per heavy atom. The first kappa shape index (κ1) is 13.0. The Morgan fingerprint density at radius 1 is 0.913 bits per heavy atom. The second-order valence-electron chi connectivity index (χ2n) is 5.74. The van der Waals surface area contributed by atoms with Crippen molar-refractivity contribution in [1.82, 2.24) is 4.57 Å². The maximum absolute atomic E-state index is 5.89. The van der Waals surface area contributed by atoms with E-state index in [1.807, 2.05) is 0 Å². The van der Waals surface area contributed by atoms with Crippen LogP contribution in [0.25, 0.3) is 32.9 Å². The van der Waals surface area contributed by atoms with E-state index in [4.69, 9.17) is 9.47 Å². The lowest BCUT2D eigenvalue weighted by Gasteiger charge is -2.16. The number of ether oxygens (including phenoxy) is 2. The van der Waals surface area contributed by atoms with E-state index in [-0.39, 0.29) is 0 Å². The lowest BCUT2D eigenvalue weighted by Crippen LogP contribution is -2.14. The molecule has 0 N–H and O–H groups in total. The molecule has 23 heavy (non-hydrogen) atoms. The molecule has 114 valence electrons. The van der Waals surface area contributed by atoms with Crippen molar-refractivity contribution in [2.45, 2.75) is 0 Å². The average molecular weight is 321 g/mol. The summed E-state index contributed by atoms with van der Waals surface area (Å²) < 4.78 is 13.9. The average Bonchev–Trinajstić information content (AvgIpc) is 3.16. The molecule has 2 aromatic heterocycles. The number of aromatic nitrogens is 1. The first-order valence-corrected chi connectivity index (χ1v) is 8.56. The van der Waals surface area contributed by atoms with Gasteiger partial charge in [0.25, 0.3) is 0 Å². The molecule has 1 aliphatic heterocycles. The fraction of sp³-hybridized carbons (Fsp3) is 0.158. The van der Waals surface area contributed by atoms with E-state index in [2.05, 4.69) is 59.5 Å². The van der Waals surface area contributed by atoms with Gasteiger partial charge in [-0.15, -0.1) is 11.3 Å². The van der Waals surface area contributed by atoms with Gasteiger partial charge >= 0.3 is 0 Å². The molecular weight excluding hydrogens is 306 g/mol. The Kier molecular flexibility index (Phi) is 2.70. The summed E-state index contributed by atoms with van der Waals surface area (Å²) in [5.74, 6) is 0.888. The van der Waals surface area contributed by atoms with Gasteiger partial charge in [0.2, 0.25) is 5.06 Å². The minimum absolute atomic E-state index is 0.613. The molecule has 2 aromatic carbocycles. The Hall–Kier alpha value is -2.46. The van der Waals surface area contributed by atoms with Crippen LogP contribution in [0.15, 0.2) is 47.8 Å². The molecule has 0 spiro atoms. The van der Waals surface area contributed by atoms with Crippen molar-refractivity contribution in [1.29, 1.82) is 0 Å². The van der Waals surface area contributed by atoms with Crippen molar-refractivity contribution in [2.75, 3.05) is 13.2 Å². The van der Waals surface area contributed by atoms with Gasteiger partial charge in [-0.1, -0.05) is 36.4 Å². The van der Waals surface area contributed by atoms with Crippen molar-refractivity contribution < 1.29 is 9.47 Å². The third-order valence-electron chi connectivity index (χ3n) is 4.49. The summed E-state index contributed by atoms with van der Waals surface area (Å²) in [6.45, 7) is 1.24. The summed E-state index contributed by atoms with van der Waals surface area (Å²) in [5, 5.41) is 5.59. The Bertz CT molecular complexity index is 1040. The number of nitrogens with zero attached hydrogens (tertiary/aromatic N) is 1. The van der Waals surface area contributed by atoms with E-state index in [0.29, 0.717) is 13.2 Å². The molecule has 3 heterocycles. The van der Waals surface area contributed by atoms with Crippen LogP contribution < -0.4 is 9.47 Å². The molecule has 0 aliphatic carbocycles. The summed E-state index contributed by atoms with van der Waals surface area (Å²) in [7, 11) is 2.13. The highest BCUT2D eigenvalue weighted by atomic mass is 32.1. The van der Waals surface area contributed by atoms with Gasteiger partial charge in [-0.2, -0.15) is 0 Å². The molecule has 0 amide bonds. The van der Waals surface area contributed by atoms with Gasteiger partial charge in [-0.25, -0.2) is 0 Å². The Morgan fingerprint density at radius 2 is 1.74 bits per heavy atom. The molecule has 0 fully saturated rings. The van der Waals surface area contributed by atoms with E-state index in [1.165, 1.54) is 27.4 Å². The monoisotopic (exact) mass is 321 g/mol. The van der Waals surface area contributed by atoms with Crippen LogP contribution in [0.5, 0.6) is 10.8 Å². The first-order chi connectivity index (χ1) is 11.3. The van der Waals surface area contributed by atoms with E-state index in [0.717, 1.165) is 16.4 Å². The molecule has 3 nitrogen and oxygen atoms in total. The molecule has 0 unspecified atom stereocenters. The summed E-state index contributed by atoms with van der Waals surface area (Å²) in [6.07, 6.45) is 0. The number of thiophene rings is 1. The quantitative estimate of drug-likeness (QED) is 0.501. The lowest BCUT2D eigenvalue weighted by atomic mass is 10.0. The van der Waals surface area contributed by atoms with Gasteiger partial charge in [-0.3, -0.25) is 0 Å². The standard InChI is InChI=1S/C19H15NO2S/c1-20-16-8-3-2-5-12(16)13-6-4-7-14(17(13)20)15-11-23-19-18(15)21-9-10-22-19/h2-8,11H,9-10H2,1H3. The summed E-state index contributed by atoms with van der Waals surface area (Å²) in [6, 6.07) is 15.0. The van der Waals surface area contributed by atoms with Gasteiger partial charge in [0.05, 0.1) is 5.52 Å². The normalized spacial score (nSPS) is 13.8. The molecule has 4 aromatic rings. The number of rotatable bonds is 1. The molecule has 0 saturated carbocycles. The van der Waals surface area contributed by atoms with Crippen LogP contribution in [0.1, 0.15) is 0 Å². The fourth-order valence-corrected chi connectivity index (χ4v) is 4.37. The second-order valence-corrected chi connectivity index (χ2v) is 6.58. The highest BCUT2D eigenvalue weighted by molar-refractivity contribution is 7.12. The minimum atomic E-state index is 0.613. The molecule has 0 radical (unpaired) electrons. The minimum Gasteiger partial charge on any atom is -0.485 e. The van der Waals surface area contributed by atoms with E-state index >= 15 is 0 Å². The molecule has 0 saturated heterocycles. The number of hydrogen-bond acceptors (Lipinski definition) is 3. The Balaban J connectivity index is 1.88. The first-order valence-electron chi connectivity index (χ1n) is 7.68. The Labute approximate surface area is 137 Å². The van der Waals surface area contributed by atoms with Gasteiger partial charge in [0, 0.05) is 39.8 Å². The largest absolute Gasteiger partial charge is 0.485 e. The fourth-order valence-electron chi connectivity index (χ4n) is 3.48. The third-order valence-corrected chi connectivity index (χ3v) is 5.36. The topological polar surface area (TPSA) is 23.4 Å². The summed E-state index contributed by atoms with van der Waals surface area (Å²) in [4.78, 5) is 0. The molecule has 1 aliphatic rings. The number of para-hydroxylation sites is 2. The van der Waals surface area contributed by atoms with Crippen LogP contribution in [-0.2, 0) is 7.05 Å². The number of fused-ring (bicyclic) bond motifs is 4. The summed E-state index contributed by atoms with van der Waals surface area (Å²) >= 11 is 1.61. The maximum Gasteiger partial charge on any atom is 0.217 e. The third kappa shape index (κ3) is 1.75. The van der Waals surface area contributed by atoms with Crippen molar-refractivity contribution in [3.8, 4) is 21.9 Å². The van der Waals surface area contributed by atoms with Gasteiger partial charge in [0.1, 0.15) is 13.2 Å². The van der Waals surface area contributed by atoms with Crippen LogP contribution in [0.3, 0.4) is 0 Å². The zero-order chi connectivity index (χ0) is 15.4. The van der Waals surface area contributed by atoms with Gasteiger partial charge in [-0.05, 0) is 6.07 Å².